The van der Waals surface area contributed by atoms with Crippen LogP contribution in [0.3, 0.4) is 0 Å². The molecule has 0 saturated heterocycles. The number of carbonyl (C=O) groups excluding carboxylic acids is 2. The lowest BCUT2D eigenvalue weighted by molar-refractivity contribution is -0.155. The van der Waals surface area contributed by atoms with Gasteiger partial charge in [-0.3, -0.25) is 9.59 Å². The topological polar surface area (TPSA) is 121 Å². The van der Waals surface area contributed by atoms with Gasteiger partial charge in [0.05, 0.1) is 6.61 Å². The monoisotopic (exact) mass is 271 g/mol. The normalized spacial score (nSPS) is 11.9. The van der Waals surface area contributed by atoms with Crippen LogP contribution in [0.1, 0.15) is 6.92 Å². The maximum atomic E-state index is 11.5. The number of hydrogen-bond donors (Lipinski definition) is 2. The number of aromatic nitrogens is 3. The molecule has 9 nitrogen and oxygen atoms in total. The number of anilines is 1. The van der Waals surface area contributed by atoms with Gasteiger partial charge in [0, 0.05) is 13.7 Å². The minimum Gasteiger partial charge on any atom is -0.451 e. The van der Waals surface area contributed by atoms with Gasteiger partial charge in [-0.1, -0.05) is 0 Å². The van der Waals surface area contributed by atoms with E-state index in [0.29, 0.717) is 13.2 Å². The molecule has 1 aromatic heterocycles. The fourth-order valence-electron chi connectivity index (χ4n) is 1.23. The lowest BCUT2D eigenvalue weighted by atomic mass is 10.3. The Labute approximate surface area is 110 Å². The first-order chi connectivity index (χ1) is 9.02. The minimum absolute atomic E-state index is 0.0677. The molecule has 1 heterocycles. The van der Waals surface area contributed by atoms with Crippen molar-refractivity contribution in [3.05, 3.63) is 6.33 Å². The molecule has 0 bridgehead atoms. The number of nitrogens with zero attached hydrogens (tertiary/aromatic N) is 3. The fourth-order valence-corrected chi connectivity index (χ4v) is 1.23. The molecule has 0 aliphatic rings. The van der Waals surface area contributed by atoms with Crippen molar-refractivity contribution >= 4 is 17.8 Å². The number of ether oxygens (including phenoxy) is 2. The van der Waals surface area contributed by atoms with Gasteiger partial charge >= 0.3 is 5.97 Å². The highest BCUT2D eigenvalue weighted by atomic mass is 16.5. The summed E-state index contributed by atoms with van der Waals surface area (Å²) in [5.41, 5.74) is 5.30. The van der Waals surface area contributed by atoms with Crippen LogP contribution < -0.4 is 11.1 Å². The summed E-state index contributed by atoms with van der Waals surface area (Å²) in [6.45, 7) is 2.08. The maximum Gasteiger partial charge on any atom is 0.328 e. The highest BCUT2D eigenvalue weighted by Crippen LogP contribution is 1.96. The van der Waals surface area contributed by atoms with E-state index in [1.165, 1.54) is 25.0 Å². The van der Waals surface area contributed by atoms with Crippen molar-refractivity contribution in [3.63, 3.8) is 0 Å². The average molecular weight is 271 g/mol. The van der Waals surface area contributed by atoms with Gasteiger partial charge in [0.25, 0.3) is 5.91 Å². The van der Waals surface area contributed by atoms with Crippen molar-refractivity contribution < 1.29 is 19.1 Å². The Morgan fingerprint density at radius 1 is 1.58 bits per heavy atom. The van der Waals surface area contributed by atoms with Crippen LogP contribution in [0.25, 0.3) is 0 Å². The van der Waals surface area contributed by atoms with Crippen LogP contribution in [0.4, 0.5) is 5.95 Å². The molecule has 106 valence electrons. The van der Waals surface area contributed by atoms with Gasteiger partial charge in [-0.2, -0.15) is 0 Å². The number of carbonyl (C=O) groups is 2. The van der Waals surface area contributed by atoms with Gasteiger partial charge in [0.15, 0.2) is 6.10 Å². The standard InChI is InChI=1S/C10H17N5O4/c1-7(9(17)12-3-4-18-2)19-8(16)5-15-6-13-10(11)14-15/h6-7H,3-5H2,1-2H3,(H2,11,14)(H,12,17). The zero-order chi connectivity index (χ0) is 14.3. The summed E-state index contributed by atoms with van der Waals surface area (Å²) in [5.74, 6) is -0.916. The van der Waals surface area contributed by atoms with Crippen LogP contribution in [0, 0.1) is 0 Å². The van der Waals surface area contributed by atoms with E-state index in [1.807, 2.05) is 0 Å². The first-order valence-corrected chi connectivity index (χ1v) is 5.64. The number of hydrogen-bond acceptors (Lipinski definition) is 7. The number of nitrogen functional groups attached to an aromatic ring is 1. The van der Waals surface area contributed by atoms with Crippen LogP contribution in [0.2, 0.25) is 0 Å². The second-order valence-electron chi connectivity index (χ2n) is 3.72. The minimum atomic E-state index is -0.884. The molecular formula is C10H17N5O4. The first kappa shape index (κ1) is 14.9. The summed E-state index contributed by atoms with van der Waals surface area (Å²) < 4.78 is 10.9. The molecule has 0 spiro atoms. The lowest BCUT2D eigenvalue weighted by Crippen LogP contribution is -2.38. The SMILES string of the molecule is COCCNC(=O)C(C)OC(=O)Cn1cnc(N)n1. The molecular weight excluding hydrogens is 254 g/mol. The van der Waals surface area contributed by atoms with Gasteiger partial charge in [-0.05, 0) is 6.92 Å². The van der Waals surface area contributed by atoms with Crippen LogP contribution in [-0.2, 0) is 25.6 Å². The van der Waals surface area contributed by atoms with E-state index < -0.39 is 12.1 Å². The molecule has 0 aliphatic heterocycles. The van der Waals surface area contributed by atoms with E-state index in [-0.39, 0.29) is 18.4 Å². The van der Waals surface area contributed by atoms with Gasteiger partial charge in [0.1, 0.15) is 12.9 Å². The number of amides is 1. The van der Waals surface area contributed by atoms with E-state index in [9.17, 15) is 9.59 Å². The van der Waals surface area contributed by atoms with Gasteiger partial charge in [-0.15, -0.1) is 5.10 Å². The smallest absolute Gasteiger partial charge is 0.328 e. The highest BCUT2D eigenvalue weighted by molar-refractivity contribution is 5.83. The van der Waals surface area contributed by atoms with E-state index in [4.69, 9.17) is 15.2 Å². The second kappa shape index (κ2) is 7.31. The van der Waals surface area contributed by atoms with Crippen molar-refractivity contribution in [2.45, 2.75) is 19.6 Å². The Bertz CT molecular complexity index is 433. The largest absolute Gasteiger partial charge is 0.451 e. The summed E-state index contributed by atoms with van der Waals surface area (Å²) in [6, 6.07) is 0. The molecule has 9 heteroatoms. The summed E-state index contributed by atoms with van der Waals surface area (Å²) in [7, 11) is 1.53. The molecule has 0 saturated carbocycles. The molecule has 0 aromatic carbocycles. The molecule has 3 N–H and O–H groups in total. The Morgan fingerprint density at radius 3 is 2.89 bits per heavy atom. The molecule has 0 radical (unpaired) electrons. The van der Waals surface area contributed by atoms with E-state index in [0.717, 1.165) is 0 Å². The molecule has 1 aromatic rings. The Kier molecular flexibility index (Phi) is 5.73. The van der Waals surface area contributed by atoms with Gasteiger partial charge in [-0.25, -0.2) is 9.67 Å². The zero-order valence-electron chi connectivity index (χ0n) is 10.8. The summed E-state index contributed by atoms with van der Waals surface area (Å²) in [5, 5.41) is 6.29. The van der Waals surface area contributed by atoms with E-state index >= 15 is 0 Å². The van der Waals surface area contributed by atoms with Crippen LogP contribution in [0.15, 0.2) is 6.33 Å². The third-order valence-corrected chi connectivity index (χ3v) is 2.13. The van der Waals surface area contributed by atoms with Crippen molar-refractivity contribution in [2.75, 3.05) is 26.0 Å². The average Bonchev–Trinajstić information content (AvgIpc) is 2.74. The molecule has 1 atom stereocenters. The number of nitrogens with one attached hydrogen (secondary N) is 1. The Morgan fingerprint density at radius 2 is 2.32 bits per heavy atom. The first-order valence-electron chi connectivity index (χ1n) is 5.64. The molecule has 1 rings (SSSR count). The number of methoxy groups -OCH3 is 1. The van der Waals surface area contributed by atoms with Crippen molar-refractivity contribution in [2.24, 2.45) is 0 Å². The molecule has 0 aliphatic carbocycles. The predicted octanol–water partition coefficient (Wildman–Crippen LogP) is -1.45. The van der Waals surface area contributed by atoms with Crippen LogP contribution >= 0.6 is 0 Å². The molecule has 19 heavy (non-hydrogen) atoms. The second-order valence-corrected chi connectivity index (χ2v) is 3.72. The number of nitrogens with two attached hydrogens (primary N) is 1. The van der Waals surface area contributed by atoms with Crippen molar-refractivity contribution in [1.82, 2.24) is 20.1 Å². The highest BCUT2D eigenvalue weighted by Gasteiger charge is 2.17. The predicted molar refractivity (Wildman–Crippen MR) is 64.9 cm³/mol. The van der Waals surface area contributed by atoms with E-state index in [2.05, 4.69) is 15.4 Å². The summed E-state index contributed by atoms with van der Waals surface area (Å²) >= 11 is 0. The van der Waals surface area contributed by atoms with E-state index in [1.54, 1.807) is 0 Å². The fraction of sp³-hybridized carbons (Fsp3) is 0.600. The third kappa shape index (κ3) is 5.34. The third-order valence-electron chi connectivity index (χ3n) is 2.13. The van der Waals surface area contributed by atoms with Gasteiger partial charge in [0.2, 0.25) is 5.95 Å². The van der Waals surface area contributed by atoms with Crippen molar-refractivity contribution in [3.8, 4) is 0 Å². The number of esters is 1. The Hall–Kier alpha value is -2.16. The summed E-state index contributed by atoms with van der Waals surface area (Å²) in [4.78, 5) is 26.7. The molecule has 0 fully saturated rings. The quantitative estimate of drug-likeness (QED) is 0.460. The lowest BCUT2D eigenvalue weighted by Gasteiger charge is -2.13. The van der Waals surface area contributed by atoms with Crippen LogP contribution in [-0.4, -0.2) is 53.0 Å². The zero-order valence-corrected chi connectivity index (χ0v) is 10.8. The van der Waals surface area contributed by atoms with Gasteiger partial charge < -0.3 is 20.5 Å². The van der Waals surface area contributed by atoms with Crippen molar-refractivity contribution in [1.29, 1.82) is 0 Å². The molecule has 1 amide bonds. The molecule has 1 unspecified atom stereocenters. The van der Waals surface area contributed by atoms with Crippen LogP contribution in [0.5, 0.6) is 0 Å². The number of rotatable bonds is 7. The Balaban J connectivity index is 2.32. The maximum absolute atomic E-state index is 11.5. The summed E-state index contributed by atoms with van der Waals surface area (Å²) in [6.07, 6.45) is 0.421.